The molecule has 6 heteroatoms. The molecular formula is C7H6BClF3O-. The van der Waals surface area contributed by atoms with Crippen molar-refractivity contribution in [3.8, 4) is 0 Å². The second kappa shape index (κ2) is 3.60. The van der Waals surface area contributed by atoms with Crippen molar-refractivity contribution in [1.29, 1.82) is 0 Å². The van der Waals surface area contributed by atoms with Crippen molar-refractivity contribution in [2.45, 2.75) is 6.61 Å². The zero-order valence-corrected chi connectivity index (χ0v) is 7.23. The van der Waals surface area contributed by atoms with E-state index >= 15 is 0 Å². The fourth-order valence-electron chi connectivity index (χ4n) is 0.895. The summed E-state index contributed by atoms with van der Waals surface area (Å²) >= 11 is 5.49. The zero-order chi connectivity index (χ0) is 10.1. The van der Waals surface area contributed by atoms with Crippen molar-refractivity contribution in [3.05, 3.63) is 28.8 Å². The van der Waals surface area contributed by atoms with Crippen molar-refractivity contribution in [1.82, 2.24) is 0 Å². The highest BCUT2D eigenvalue weighted by molar-refractivity contribution is 6.73. The molecule has 0 heterocycles. The predicted octanol–water partition coefficient (Wildman–Crippen LogP) is 1.89. The first kappa shape index (κ1) is 10.4. The van der Waals surface area contributed by atoms with Crippen LogP contribution in [0.15, 0.2) is 18.2 Å². The normalized spacial score (nSPS) is 11.8. The molecule has 0 aliphatic heterocycles. The molecule has 0 unspecified atom stereocenters. The number of hydrogen-bond acceptors (Lipinski definition) is 1. The van der Waals surface area contributed by atoms with Crippen LogP contribution >= 0.6 is 11.6 Å². The Labute approximate surface area is 78.2 Å². The molecule has 1 N–H and O–H groups in total. The Balaban J connectivity index is 3.10. The summed E-state index contributed by atoms with van der Waals surface area (Å²) in [6.07, 6.45) is 0. The van der Waals surface area contributed by atoms with Gasteiger partial charge in [0.25, 0.3) is 0 Å². The Bertz CT molecular complexity index is 313. The molecule has 13 heavy (non-hydrogen) atoms. The third-order valence-corrected chi connectivity index (χ3v) is 1.98. The van der Waals surface area contributed by atoms with E-state index in [0.29, 0.717) is 5.56 Å². The van der Waals surface area contributed by atoms with Gasteiger partial charge in [-0.2, -0.15) is 0 Å². The van der Waals surface area contributed by atoms with Crippen molar-refractivity contribution >= 4 is 24.0 Å². The first-order valence-electron chi connectivity index (χ1n) is 3.54. The fourth-order valence-corrected chi connectivity index (χ4v) is 1.14. The standard InChI is InChI=1S/C7H6BClF3O/c9-7-3-6(8(10,11)12)2-1-5(7)4-13/h1-3,13H,4H2/q-1. The third-order valence-electron chi connectivity index (χ3n) is 1.63. The van der Waals surface area contributed by atoms with E-state index in [4.69, 9.17) is 16.7 Å². The van der Waals surface area contributed by atoms with Crippen LogP contribution < -0.4 is 5.46 Å². The molecule has 0 amide bonds. The maximum Gasteiger partial charge on any atom is 0.509 e. The van der Waals surface area contributed by atoms with Crippen LogP contribution in [0.3, 0.4) is 0 Å². The lowest BCUT2D eigenvalue weighted by Crippen LogP contribution is -2.33. The largest absolute Gasteiger partial charge is 0.509 e. The lowest BCUT2D eigenvalue weighted by Gasteiger charge is -2.15. The summed E-state index contributed by atoms with van der Waals surface area (Å²) in [6.45, 7) is -5.37. The van der Waals surface area contributed by atoms with E-state index in [1.807, 2.05) is 0 Å². The van der Waals surface area contributed by atoms with E-state index in [0.717, 1.165) is 12.1 Å². The van der Waals surface area contributed by atoms with Gasteiger partial charge in [-0.25, -0.2) is 0 Å². The maximum absolute atomic E-state index is 12.1. The van der Waals surface area contributed by atoms with Crippen LogP contribution in [0.1, 0.15) is 5.56 Å². The summed E-state index contributed by atoms with van der Waals surface area (Å²) in [5, 5.41) is 8.60. The highest BCUT2D eigenvalue weighted by atomic mass is 35.5. The minimum Gasteiger partial charge on any atom is -0.445 e. The van der Waals surface area contributed by atoms with Crippen LogP contribution in [0, 0.1) is 0 Å². The molecule has 0 spiro atoms. The van der Waals surface area contributed by atoms with Crippen LogP contribution in [0.2, 0.25) is 5.02 Å². The Morgan fingerprint density at radius 2 is 1.92 bits per heavy atom. The average molecular weight is 209 g/mol. The Morgan fingerprint density at radius 1 is 1.31 bits per heavy atom. The molecule has 1 aromatic rings. The lowest BCUT2D eigenvalue weighted by atomic mass is 9.80. The number of benzene rings is 1. The lowest BCUT2D eigenvalue weighted by molar-refractivity contribution is 0.282. The molecule has 1 nitrogen and oxygen atoms in total. The highest BCUT2D eigenvalue weighted by Crippen LogP contribution is 2.17. The van der Waals surface area contributed by atoms with Crippen LogP contribution in [-0.4, -0.2) is 12.1 Å². The van der Waals surface area contributed by atoms with E-state index in [1.165, 1.54) is 6.07 Å². The van der Waals surface area contributed by atoms with Gasteiger partial charge in [0, 0.05) is 5.02 Å². The average Bonchev–Trinajstić information content (AvgIpc) is 2.02. The SMILES string of the molecule is OCc1ccc([B-](F)(F)F)cc1Cl. The minimum absolute atomic E-state index is 0.0563. The van der Waals surface area contributed by atoms with E-state index in [1.54, 1.807) is 0 Å². The van der Waals surface area contributed by atoms with Crippen LogP contribution in [0.5, 0.6) is 0 Å². The summed E-state index contributed by atoms with van der Waals surface area (Å²) in [4.78, 5) is 0. The van der Waals surface area contributed by atoms with Crippen LogP contribution in [0.4, 0.5) is 12.9 Å². The second-order valence-electron chi connectivity index (χ2n) is 2.58. The number of rotatable bonds is 2. The first-order chi connectivity index (χ1) is 5.95. The van der Waals surface area contributed by atoms with Crippen molar-refractivity contribution in [3.63, 3.8) is 0 Å². The second-order valence-corrected chi connectivity index (χ2v) is 2.99. The van der Waals surface area contributed by atoms with Gasteiger partial charge < -0.3 is 18.1 Å². The predicted molar refractivity (Wildman–Crippen MR) is 46.1 cm³/mol. The summed E-state index contributed by atoms with van der Waals surface area (Å²) in [6, 6.07) is 2.91. The Morgan fingerprint density at radius 3 is 2.31 bits per heavy atom. The van der Waals surface area contributed by atoms with Gasteiger partial charge in [0.15, 0.2) is 0 Å². The smallest absolute Gasteiger partial charge is 0.445 e. The van der Waals surface area contributed by atoms with Crippen LogP contribution in [0.25, 0.3) is 0 Å². The molecule has 72 valence electrons. The minimum atomic E-state index is -5.01. The Hall–Kier alpha value is -0.675. The van der Waals surface area contributed by atoms with E-state index in [9.17, 15) is 12.9 Å². The van der Waals surface area contributed by atoms with Crippen molar-refractivity contribution in [2.75, 3.05) is 0 Å². The van der Waals surface area contributed by atoms with Gasteiger partial charge in [0.05, 0.1) is 6.61 Å². The summed E-state index contributed by atoms with van der Waals surface area (Å²) in [7, 11) is 0. The van der Waals surface area contributed by atoms with Gasteiger partial charge in [0.2, 0.25) is 0 Å². The number of halogens is 4. The molecule has 1 aromatic carbocycles. The summed E-state index contributed by atoms with van der Waals surface area (Å²) in [5.41, 5.74) is -0.451. The topological polar surface area (TPSA) is 20.2 Å². The number of aliphatic hydroxyl groups is 1. The molecule has 0 fully saturated rings. The van der Waals surface area contributed by atoms with E-state index in [-0.39, 0.29) is 11.6 Å². The van der Waals surface area contributed by atoms with E-state index in [2.05, 4.69) is 0 Å². The number of aliphatic hydroxyl groups excluding tert-OH is 1. The molecule has 0 aromatic heterocycles. The Kier molecular flexibility index (Phi) is 2.88. The molecule has 0 atom stereocenters. The summed E-state index contributed by atoms with van der Waals surface area (Å²) < 4.78 is 36.4. The molecule has 0 bridgehead atoms. The molecule has 0 saturated heterocycles. The van der Waals surface area contributed by atoms with Crippen molar-refractivity contribution < 1.29 is 18.1 Å². The fraction of sp³-hybridized carbons (Fsp3) is 0.143. The van der Waals surface area contributed by atoms with Crippen LogP contribution in [-0.2, 0) is 6.61 Å². The van der Waals surface area contributed by atoms with Gasteiger partial charge in [-0.1, -0.05) is 29.8 Å². The van der Waals surface area contributed by atoms with Crippen molar-refractivity contribution in [2.24, 2.45) is 0 Å². The molecular weight excluding hydrogens is 203 g/mol. The molecule has 0 saturated carbocycles. The summed E-state index contributed by atoms with van der Waals surface area (Å²) in [5.74, 6) is 0. The van der Waals surface area contributed by atoms with Gasteiger partial charge >= 0.3 is 6.98 Å². The van der Waals surface area contributed by atoms with Gasteiger partial charge in [-0.15, -0.1) is 5.46 Å². The zero-order valence-electron chi connectivity index (χ0n) is 6.48. The monoisotopic (exact) mass is 209 g/mol. The molecule has 0 aliphatic rings. The highest BCUT2D eigenvalue weighted by Gasteiger charge is 2.25. The quantitative estimate of drug-likeness (QED) is 0.738. The van der Waals surface area contributed by atoms with E-state index < -0.39 is 12.4 Å². The van der Waals surface area contributed by atoms with Gasteiger partial charge in [-0.3, -0.25) is 0 Å². The molecule has 1 rings (SSSR count). The number of hydrogen-bond donors (Lipinski definition) is 1. The molecule has 0 radical (unpaired) electrons. The third kappa shape index (κ3) is 2.38. The van der Waals surface area contributed by atoms with Gasteiger partial charge in [-0.05, 0) is 5.56 Å². The first-order valence-corrected chi connectivity index (χ1v) is 3.92. The maximum atomic E-state index is 12.1. The molecule has 0 aliphatic carbocycles. The van der Waals surface area contributed by atoms with Gasteiger partial charge in [0.1, 0.15) is 0 Å².